The lowest BCUT2D eigenvalue weighted by Crippen LogP contribution is -2.53. The van der Waals surface area contributed by atoms with Crippen LogP contribution < -0.4 is 0 Å². The molecule has 1 nitrogen and oxygen atoms in total. The zero-order chi connectivity index (χ0) is 26.0. The number of alkyl halides is 8. The first-order chi connectivity index (χ1) is 14.9. The van der Waals surface area contributed by atoms with Crippen LogP contribution in [0.25, 0.3) is 0 Å². The summed E-state index contributed by atoms with van der Waals surface area (Å²) in [5.41, 5.74) is 2.35. The molecule has 0 amide bonds. The first-order valence-corrected chi connectivity index (χ1v) is 11.2. The molecule has 0 aromatic heterocycles. The zero-order valence-electron chi connectivity index (χ0n) is 19.7. The molecule has 33 heavy (non-hydrogen) atoms. The molecule has 2 aliphatic rings. The van der Waals surface area contributed by atoms with Crippen LogP contribution in [-0.4, -0.2) is 43.3 Å². The van der Waals surface area contributed by atoms with Gasteiger partial charge in [-0.3, -0.25) is 4.90 Å². The van der Waals surface area contributed by atoms with E-state index in [9.17, 15) is 35.1 Å². The molecule has 1 aliphatic carbocycles. The molecule has 0 unspecified atom stereocenters. The number of rotatable bonds is 0. The van der Waals surface area contributed by atoms with Crippen molar-refractivity contribution in [3.63, 3.8) is 0 Å². The van der Waals surface area contributed by atoms with Crippen molar-refractivity contribution in [2.45, 2.75) is 78.1 Å². The molecule has 1 aliphatic heterocycles. The van der Waals surface area contributed by atoms with Crippen LogP contribution in [0.3, 0.4) is 0 Å². The lowest BCUT2D eigenvalue weighted by Gasteiger charge is -2.35. The predicted octanol–water partition coefficient (Wildman–Crippen LogP) is 8.86. The summed E-state index contributed by atoms with van der Waals surface area (Å²) in [6.45, 7) is 7.01. The van der Waals surface area contributed by atoms with Crippen LogP contribution in [0, 0.1) is 25.7 Å². The fourth-order valence-electron chi connectivity index (χ4n) is 3.03. The highest BCUT2D eigenvalue weighted by Gasteiger charge is 2.41. The van der Waals surface area contributed by atoms with Crippen LogP contribution in [0.15, 0.2) is 18.2 Å². The van der Waals surface area contributed by atoms with Crippen molar-refractivity contribution in [1.82, 2.24) is 4.90 Å². The Labute approximate surface area is 196 Å². The fourth-order valence-corrected chi connectivity index (χ4v) is 3.26. The van der Waals surface area contributed by atoms with Crippen molar-refractivity contribution >= 4 is 11.6 Å². The number of likely N-dealkylation sites (tertiary alicyclic amines) is 1. The molecule has 2 fully saturated rings. The Morgan fingerprint density at radius 2 is 1.42 bits per heavy atom. The van der Waals surface area contributed by atoms with Crippen molar-refractivity contribution in [2.75, 3.05) is 20.1 Å². The highest BCUT2D eigenvalue weighted by Crippen LogP contribution is 2.39. The molecule has 0 radical (unpaired) electrons. The van der Waals surface area contributed by atoms with Gasteiger partial charge in [-0.2, -0.15) is 26.3 Å². The van der Waals surface area contributed by atoms with Gasteiger partial charge in [0.05, 0.1) is 19.0 Å². The average Bonchev–Trinajstić information content (AvgIpc) is 2.64. The summed E-state index contributed by atoms with van der Waals surface area (Å²) in [6.07, 6.45) is -6.48. The monoisotopic (exact) mass is 511 g/mol. The van der Waals surface area contributed by atoms with Crippen molar-refractivity contribution < 1.29 is 35.1 Å². The molecule has 0 atom stereocenters. The summed E-state index contributed by atoms with van der Waals surface area (Å²) in [5, 5.41) is 0.856. The average molecular weight is 512 g/mol. The molecule has 0 spiro atoms. The maximum atomic E-state index is 12.1. The summed E-state index contributed by atoms with van der Waals surface area (Å²) in [5.74, 6) is -2.90. The highest BCUT2D eigenvalue weighted by molar-refractivity contribution is 6.31. The first-order valence-electron chi connectivity index (χ1n) is 10.8. The molecule has 0 N–H and O–H groups in total. The Bertz CT molecular complexity index is 672. The molecular weight excluding hydrogens is 478 g/mol. The standard InChI is InChI=1S/C8H9Cl.C8H13F3.C4H7F2N.C3H5F3/c1-6-3-4-7(2)8(9)5-6;1-6-2-4-7(5-3-6)8(9,10)11;1-7-2-4(5,6)3-7;1-2-3(4,5)6/h3-5H,1-2H3;6-7H,2-5H2,1H3;2-3H2,1H3;2H2,1H3. The van der Waals surface area contributed by atoms with Crippen LogP contribution in [0.1, 0.15) is 57.1 Å². The minimum Gasteiger partial charge on any atom is -0.295 e. The number of benzene rings is 1. The summed E-state index contributed by atoms with van der Waals surface area (Å²) < 4.78 is 92.1. The van der Waals surface area contributed by atoms with Gasteiger partial charge in [0.2, 0.25) is 0 Å². The Kier molecular flexibility index (Phi) is 13.3. The predicted molar refractivity (Wildman–Crippen MR) is 117 cm³/mol. The molecule has 1 aromatic rings. The second-order valence-electron chi connectivity index (χ2n) is 8.75. The van der Waals surface area contributed by atoms with Crippen molar-refractivity contribution in [2.24, 2.45) is 11.8 Å². The van der Waals surface area contributed by atoms with Gasteiger partial charge in [0.25, 0.3) is 5.92 Å². The number of aryl methyl sites for hydroxylation is 2. The lowest BCUT2D eigenvalue weighted by atomic mass is 9.83. The van der Waals surface area contributed by atoms with E-state index in [1.54, 1.807) is 11.9 Å². The quantitative estimate of drug-likeness (QED) is 0.314. The first kappa shape index (κ1) is 31.9. The molecule has 1 saturated carbocycles. The number of nitrogens with zero attached hydrogens (tertiary/aromatic N) is 1. The molecule has 10 heteroatoms. The van der Waals surface area contributed by atoms with Crippen LogP contribution in [-0.2, 0) is 0 Å². The zero-order valence-corrected chi connectivity index (χ0v) is 20.4. The molecule has 194 valence electrons. The van der Waals surface area contributed by atoms with Gasteiger partial charge in [-0.25, -0.2) is 8.78 Å². The summed E-state index contributed by atoms with van der Waals surface area (Å²) in [4.78, 5) is 1.58. The van der Waals surface area contributed by atoms with Gasteiger partial charge in [-0.1, -0.05) is 50.4 Å². The van der Waals surface area contributed by atoms with Gasteiger partial charge in [0, 0.05) is 11.4 Å². The fraction of sp³-hybridized carbons (Fsp3) is 0.739. The third-order valence-electron chi connectivity index (χ3n) is 5.21. The SMILES string of the molecule is CC1CCC(C(F)(F)F)CC1.CCC(F)(F)F.CN1CC(F)(F)C1.Cc1ccc(C)c(Cl)c1. The van der Waals surface area contributed by atoms with E-state index in [4.69, 9.17) is 11.6 Å². The van der Waals surface area contributed by atoms with Gasteiger partial charge in [0.1, 0.15) is 0 Å². The minimum absolute atomic E-state index is 0.0625. The van der Waals surface area contributed by atoms with Crippen LogP contribution in [0.5, 0.6) is 0 Å². The van der Waals surface area contributed by atoms with Gasteiger partial charge in [-0.15, -0.1) is 0 Å². The Balaban J connectivity index is 0.000000425. The molecular formula is C23H34ClF8N. The van der Waals surface area contributed by atoms with E-state index >= 15 is 0 Å². The van der Waals surface area contributed by atoms with Crippen LogP contribution >= 0.6 is 11.6 Å². The topological polar surface area (TPSA) is 3.24 Å². The van der Waals surface area contributed by atoms with E-state index in [1.807, 2.05) is 32.9 Å². The Morgan fingerprint density at radius 3 is 1.67 bits per heavy atom. The number of halogens is 9. The van der Waals surface area contributed by atoms with Crippen LogP contribution in [0.4, 0.5) is 35.1 Å². The van der Waals surface area contributed by atoms with E-state index in [2.05, 4.69) is 6.07 Å². The van der Waals surface area contributed by atoms with Gasteiger partial charge in [-0.05, 0) is 56.8 Å². The molecule has 3 rings (SSSR count). The summed E-state index contributed by atoms with van der Waals surface area (Å²) in [6, 6.07) is 6.05. The van der Waals surface area contributed by atoms with E-state index in [-0.39, 0.29) is 13.1 Å². The maximum absolute atomic E-state index is 12.1. The van der Waals surface area contributed by atoms with Crippen molar-refractivity contribution in [3.05, 3.63) is 34.3 Å². The second kappa shape index (κ2) is 13.7. The largest absolute Gasteiger partial charge is 0.391 e. The maximum Gasteiger partial charge on any atom is 0.391 e. The van der Waals surface area contributed by atoms with E-state index in [0.717, 1.165) is 30.4 Å². The van der Waals surface area contributed by atoms with Gasteiger partial charge < -0.3 is 0 Å². The molecule has 1 saturated heterocycles. The van der Waals surface area contributed by atoms with E-state index in [1.165, 1.54) is 5.56 Å². The second-order valence-corrected chi connectivity index (χ2v) is 9.16. The normalized spacial score (nSPS) is 22.4. The number of hydrogen-bond donors (Lipinski definition) is 0. The summed E-state index contributed by atoms with van der Waals surface area (Å²) in [7, 11) is 1.68. The smallest absolute Gasteiger partial charge is 0.295 e. The van der Waals surface area contributed by atoms with Crippen molar-refractivity contribution in [3.8, 4) is 0 Å². The van der Waals surface area contributed by atoms with Crippen LogP contribution in [0.2, 0.25) is 5.02 Å². The third-order valence-corrected chi connectivity index (χ3v) is 5.62. The molecule has 0 bridgehead atoms. The van der Waals surface area contributed by atoms with Gasteiger partial charge >= 0.3 is 12.4 Å². The Morgan fingerprint density at radius 1 is 0.970 bits per heavy atom. The van der Waals surface area contributed by atoms with Gasteiger partial charge in [0.15, 0.2) is 0 Å². The van der Waals surface area contributed by atoms with E-state index in [0.29, 0.717) is 18.8 Å². The number of hydrogen-bond acceptors (Lipinski definition) is 1. The summed E-state index contributed by atoms with van der Waals surface area (Å²) >= 11 is 5.81. The Hall–Kier alpha value is -1.09. The van der Waals surface area contributed by atoms with E-state index < -0.39 is 30.6 Å². The lowest BCUT2D eigenvalue weighted by molar-refractivity contribution is -0.183. The third kappa shape index (κ3) is 15.4. The minimum atomic E-state index is -3.96. The van der Waals surface area contributed by atoms with Crippen molar-refractivity contribution in [1.29, 1.82) is 0 Å². The molecule has 1 aromatic carbocycles. The highest BCUT2D eigenvalue weighted by atomic mass is 35.5. The molecule has 1 heterocycles.